The van der Waals surface area contributed by atoms with Crippen molar-refractivity contribution in [2.75, 3.05) is 18.4 Å². The zero-order chi connectivity index (χ0) is 18.3. The van der Waals surface area contributed by atoms with Gasteiger partial charge in [0.15, 0.2) is 0 Å². The number of amides is 1. The predicted octanol–water partition coefficient (Wildman–Crippen LogP) is 3.46. The fraction of sp³-hybridized carbons (Fsp3) is 0.316. The zero-order valence-corrected chi connectivity index (χ0v) is 15.3. The fourth-order valence-electron chi connectivity index (χ4n) is 2.66. The summed E-state index contributed by atoms with van der Waals surface area (Å²) in [5, 5.41) is 2.74. The minimum absolute atomic E-state index is 0.118. The Morgan fingerprint density at radius 2 is 1.80 bits per heavy atom. The second-order valence-electron chi connectivity index (χ2n) is 5.78. The third-order valence-corrected chi connectivity index (χ3v) is 6.04. The standard InChI is InChI=1S/C19H24N2O3S/c1-3-16(19(22)20-17-11-7-5-8-12-17)15-18(4-2)25(23,24)21-13-9-6-10-14-21/h3-5,7-8,11-12,15H,1,6,9-10,13-14H2,2H3,(H,20,22)/b16-15+,18-4+. The largest absolute Gasteiger partial charge is 0.322 e. The fourth-order valence-corrected chi connectivity index (χ4v) is 4.27. The van der Waals surface area contributed by atoms with Crippen molar-refractivity contribution in [3.05, 3.63) is 65.6 Å². The monoisotopic (exact) mass is 360 g/mol. The van der Waals surface area contributed by atoms with Gasteiger partial charge in [0.1, 0.15) is 0 Å². The van der Waals surface area contributed by atoms with E-state index in [2.05, 4.69) is 11.9 Å². The van der Waals surface area contributed by atoms with Crippen LogP contribution in [0.15, 0.2) is 65.6 Å². The van der Waals surface area contributed by atoms with Crippen LogP contribution in [0, 0.1) is 0 Å². The second-order valence-corrected chi connectivity index (χ2v) is 7.72. The Morgan fingerprint density at radius 3 is 2.36 bits per heavy atom. The van der Waals surface area contributed by atoms with Gasteiger partial charge in [-0.25, -0.2) is 8.42 Å². The molecule has 1 aromatic carbocycles. The van der Waals surface area contributed by atoms with Gasteiger partial charge in [0.25, 0.3) is 5.91 Å². The summed E-state index contributed by atoms with van der Waals surface area (Å²) in [6.45, 7) is 6.34. The summed E-state index contributed by atoms with van der Waals surface area (Å²) in [4.78, 5) is 12.5. The summed E-state index contributed by atoms with van der Waals surface area (Å²) in [7, 11) is -3.60. The molecule has 0 aromatic heterocycles. The van der Waals surface area contributed by atoms with E-state index in [1.165, 1.54) is 22.5 Å². The minimum Gasteiger partial charge on any atom is -0.322 e. The van der Waals surface area contributed by atoms with Crippen molar-refractivity contribution < 1.29 is 13.2 Å². The molecule has 2 rings (SSSR count). The third kappa shape index (κ3) is 4.90. The molecule has 0 spiro atoms. The Bertz CT molecular complexity index is 774. The van der Waals surface area contributed by atoms with Crippen LogP contribution in [0.5, 0.6) is 0 Å². The summed E-state index contributed by atoms with van der Waals surface area (Å²) < 4.78 is 27.1. The van der Waals surface area contributed by atoms with E-state index in [0.29, 0.717) is 18.8 Å². The van der Waals surface area contributed by atoms with Gasteiger partial charge in [-0.2, -0.15) is 4.31 Å². The number of carbonyl (C=O) groups excluding carboxylic acids is 1. The van der Waals surface area contributed by atoms with E-state index in [0.717, 1.165) is 19.3 Å². The highest BCUT2D eigenvalue weighted by Gasteiger charge is 2.27. The highest BCUT2D eigenvalue weighted by atomic mass is 32.2. The van der Waals surface area contributed by atoms with Crippen LogP contribution in [0.4, 0.5) is 5.69 Å². The molecular weight excluding hydrogens is 336 g/mol. The minimum atomic E-state index is -3.60. The van der Waals surface area contributed by atoms with Gasteiger partial charge in [-0.1, -0.05) is 43.4 Å². The number of nitrogens with zero attached hydrogens (tertiary/aromatic N) is 1. The summed E-state index contributed by atoms with van der Waals surface area (Å²) in [6.07, 6.45) is 7.04. The molecule has 5 nitrogen and oxygen atoms in total. The van der Waals surface area contributed by atoms with E-state index >= 15 is 0 Å². The molecule has 1 aromatic rings. The molecule has 6 heteroatoms. The van der Waals surface area contributed by atoms with Crippen molar-refractivity contribution in [3.8, 4) is 0 Å². The number of piperidine rings is 1. The molecule has 1 N–H and O–H groups in total. The molecule has 25 heavy (non-hydrogen) atoms. The molecule has 0 unspecified atom stereocenters. The van der Waals surface area contributed by atoms with Gasteiger partial charge in [-0.05, 0) is 38.0 Å². The molecule has 0 bridgehead atoms. The first kappa shape index (κ1) is 19.1. The van der Waals surface area contributed by atoms with Crippen molar-refractivity contribution in [2.24, 2.45) is 0 Å². The lowest BCUT2D eigenvalue weighted by Crippen LogP contribution is -2.36. The average Bonchev–Trinajstić information content (AvgIpc) is 2.64. The molecule has 1 fully saturated rings. The van der Waals surface area contributed by atoms with E-state index < -0.39 is 15.9 Å². The number of carbonyl (C=O) groups is 1. The predicted molar refractivity (Wildman–Crippen MR) is 101 cm³/mol. The van der Waals surface area contributed by atoms with Crippen molar-refractivity contribution in [1.29, 1.82) is 0 Å². The van der Waals surface area contributed by atoms with Crippen molar-refractivity contribution in [3.63, 3.8) is 0 Å². The van der Waals surface area contributed by atoms with Gasteiger partial charge in [-0.3, -0.25) is 4.79 Å². The highest BCUT2D eigenvalue weighted by Crippen LogP contribution is 2.21. The lowest BCUT2D eigenvalue weighted by Gasteiger charge is -2.26. The number of nitrogens with one attached hydrogen (secondary N) is 1. The Labute approximate surface area is 149 Å². The van der Waals surface area contributed by atoms with Gasteiger partial charge in [-0.15, -0.1) is 0 Å². The maximum atomic E-state index is 12.8. The smallest absolute Gasteiger partial charge is 0.255 e. The van der Waals surface area contributed by atoms with Crippen LogP contribution < -0.4 is 5.32 Å². The number of rotatable bonds is 6. The SMILES string of the molecule is C=C/C(=C\C(=C/C)S(=O)(=O)N1CCCCC1)C(=O)Nc1ccccc1. The zero-order valence-electron chi connectivity index (χ0n) is 14.4. The van der Waals surface area contributed by atoms with Crippen LogP contribution in [0.2, 0.25) is 0 Å². The van der Waals surface area contributed by atoms with E-state index in [1.807, 2.05) is 18.2 Å². The van der Waals surface area contributed by atoms with Gasteiger partial charge >= 0.3 is 0 Å². The number of hydrogen-bond donors (Lipinski definition) is 1. The van der Waals surface area contributed by atoms with Crippen molar-refractivity contribution in [1.82, 2.24) is 4.31 Å². The molecule has 134 valence electrons. The first-order chi connectivity index (χ1) is 12.0. The summed E-state index contributed by atoms with van der Waals surface area (Å²) in [5.74, 6) is -0.394. The number of allylic oxidation sites excluding steroid dienone is 2. The Balaban J connectivity index is 2.23. The highest BCUT2D eigenvalue weighted by molar-refractivity contribution is 7.93. The Hall–Kier alpha value is -2.18. The van der Waals surface area contributed by atoms with Crippen LogP contribution in [-0.2, 0) is 14.8 Å². The average molecular weight is 360 g/mol. The van der Waals surface area contributed by atoms with Gasteiger partial charge in [0.2, 0.25) is 10.0 Å². The lowest BCUT2D eigenvalue weighted by molar-refractivity contribution is -0.112. The van der Waals surface area contributed by atoms with Gasteiger partial charge in [0.05, 0.1) is 4.91 Å². The number of benzene rings is 1. The van der Waals surface area contributed by atoms with E-state index in [1.54, 1.807) is 19.1 Å². The first-order valence-corrected chi connectivity index (χ1v) is 9.80. The number of hydrogen-bond acceptors (Lipinski definition) is 3. The maximum absolute atomic E-state index is 12.8. The van der Waals surface area contributed by atoms with E-state index in [4.69, 9.17) is 0 Å². The van der Waals surface area contributed by atoms with Crippen LogP contribution in [0.25, 0.3) is 0 Å². The molecule has 0 atom stereocenters. The van der Waals surface area contributed by atoms with E-state index in [9.17, 15) is 13.2 Å². The van der Waals surface area contributed by atoms with E-state index in [-0.39, 0.29) is 10.5 Å². The van der Waals surface area contributed by atoms with Crippen LogP contribution in [-0.4, -0.2) is 31.7 Å². The van der Waals surface area contributed by atoms with Crippen molar-refractivity contribution in [2.45, 2.75) is 26.2 Å². The van der Waals surface area contributed by atoms with Crippen LogP contribution in [0.3, 0.4) is 0 Å². The van der Waals surface area contributed by atoms with Crippen LogP contribution in [0.1, 0.15) is 26.2 Å². The number of para-hydroxylation sites is 1. The number of sulfonamides is 1. The lowest BCUT2D eigenvalue weighted by atomic mass is 10.2. The summed E-state index contributed by atoms with van der Waals surface area (Å²) in [6, 6.07) is 9.00. The first-order valence-electron chi connectivity index (χ1n) is 8.36. The molecule has 1 heterocycles. The molecule has 1 saturated heterocycles. The molecule has 0 saturated carbocycles. The third-order valence-electron chi connectivity index (χ3n) is 4.05. The summed E-state index contributed by atoms with van der Waals surface area (Å²) in [5.41, 5.74) is 0.846. The second kappa shape index (κ2) is 8.78. The molecule has 1 aliphatic heterocycles. The van der Waals surface area contributed by atoms with Gasteiger partial charge in [0, 0.05) is 24.4 Å². The Morgan fingerprint density at radius 1 is 1.16 bits per heavy atom. The summed E-state index contributed by atoms with van der Waals surface area (Å²) >= 11 is 0. The molecular formula is C19H24N2O3S. The molecule has 1 amide bonds. The molecule has 1 aliphatic rings. The topological polar surface area (TPSA) is 66.5 Å². The molecule has 0 aliphatic carbocycles. The number of anilines is 1. The quantitative estimate of drug-likeness (QED) is 0.624. The normalized spacial score (nSPS) is 17.2. The van der Waals surface area contributed by atoms with Gasteiger partial charge < -0.3 is 5.32 Å². The van der Waals surface area contributed by atoms with Crippen LogP contribution >= 0.6 is 0 Å². The molecule has 0 radical (unpaired) electrons. The van der Waals surface area contributed by atoms with Crippen molar-refractivity contribution >= 4 is 21.6 Å². The Kier molecular flexibility index (Phi) is 6.73. The maximum Gasteiger partial charge on any atom is 0.255 e.